The van der Waals surface area contributed by atoms with Gasteiger partial charge in [0.15, 0.2) is 6.10 Å². The second-order valence-electron chi connectivity index (χ2n) is 7.43. The summed E-state index contributed by atoms with van der Waals surface area (Å²) in [7, 11) is 0. The Hall–Kier alpha value is -2.67. The molecule has 0 spiro atoms. The van der Waals surface area contributed by atoms with Crippen LogP contribution in [0.15, 0.2) is 35.7 Å². The Labute approximate surface area is 174 Å². The zero-order chi connectivity index (χ0) is 21.0. The summed E-state index contributed by atoms with van der Waals surface area (Å²) >= 11 is 1.42. The monoisotopic (exact) mass is 414 g/mol. The lowest BCUT2D eigenvalue weighted by atomic mass is 9.97. The average Bonchev–Trinajstić information content (AvgIpc) is 3.24. The van der Waals surface area contributed by atoms with E-state index in [9.17, 15) is 14.4 Å². The molecule has 1 N–H and O–H groups in total. The number of nitrogens with zero attached hydrogens (tertiary/aromatic N) is 1. The maximum absolute atomic E-state index is 12.5. The van der Waals surface area contributed by atoms with Crippen molar-refractivity contribution in [2.45, 2.75) is 39.7 Å². The molecule has 1 aliphatic rings. The maximum Gasteiger partial charge on any atom is 0.309 e. The summed E-state index contributed by atoms with van der Waals surface area (Å²) in [5.41, 5.74) is 2.78. The van der Waals surface area contributed by atoms with Gasteiger partial charge in [-0.25, -0.2) is 0 Å². The summed E-state index contributed by atoms with van der Waals surface area (Å²) in [6.45, 7) is 6.51. The number of thiophene rings is 1. The molecule has 2 heterocycles. The van der Waals surface area contributed by atoms with Gasteiger partial charge in [0.05, 0.1) is 10.8 Å². The number of aryl methyl sites for hydroxylation is 2. The Morgan fingerprint density at radius 3 is 2.52 bits per heavy atom. The molecule has 0 unspecified atom stereocenters. The first-order chi connectivity index (χ1) is 13.8. The number of benzene rings is 1. The number of rotatable bonds is 5. The normalized spacial score (nSPS) is 15.6. The maximum atomic E-state index is 12.5. The number of carbonyl (C=O) groups is 3. The van der Waals surface area contributed by atoms with Crippen LogP contribution >= 0.6 is 11.3 Å². The predicted octanol–water partition coefficient (Wildman–Crippen LogP) is 3.79. The highest BCUT2D eigenvalue weighted by atomic mass is 32.1. The first-order valence-corrected chi connectivity index (χ1v) is 10.6. The van der Waals surface area contributed by atoms with E-state index in [0.29, 0.717) is 36.5 Å². The van der Waals surface area contributed by atoms with Crippen molar-refractivity contribution in [2.75, 3.05) is 18.4 Å². The van der Waals surface area contributed by atoms with E-state index in [4.69, 9.17) is 4.74 Å². The van der Waals surface area contributed by atoms with Crippen molar-refractivity contribution in [2.24, 2.45) is 5.92 Å². The smallest absolute Gasteiger partial charge is 0.309 e. The molecule has 1 saturated heterocycles. The number of esters is 1. The lowest BCUT2D eigenvalue weighted by molar-refractivity contribution is -0.158. The van der Waals surface area contributed by atoms with Gasteiger partial charge in [-0.05, 0) is 56.7 Å². The Kier molecular flexibility index (Phi) is 6.69. The second-order valence-corrected chi connectivity index (χ2v) is 8.38. The highest BCUT2D eigenvalue weighted by Gasteiger charge is 2.31. The molecule has 0 radical (unpaired) electrons. The number of amides is 2. The molecule has 0 saturated carbocycles. The molecule has 154 valence electrons. The van der Waals surface area contributed by atoms with Crippen LogP contribution in [-0.2, 0) is 14.3 Å². The highest BCUT2D eigenvalue weighted by Crippen LogP contribution is 2.23. The molecule has 1 atom stereocenters. The molecule has 2 aromatic rings. The van der Waals surface area contributed by atoms with Crippen molar-refractivity contribution in [3.63, 3.8) is 0 Å². The Bertz CT molecular complexity index is 886. The number of nitrogens with one attached hydrogen (secondary N) is 1. The van der Waals surface area contributed by atoms with E-state index in [2.05, 4.69) is 5.32 Å². The summed E-state index contributed by atoms with van der Waals surface area (Å²) in [6.07, 6.45) is 0.205. The topological polar surface area (TPSA) is 75.7 Å². The number of hydrogen-bond acceptors (Lipinski definition) is 5. The van der Waals surface area contributed by atoms with E-state index < -0.39 is 6.10 Å². The zero-order valence-electron chi connectivity index (χ0n) is 16.9. The van der Waals surface area contributed by atoms with E-state index in [-0.39, 0.29) is 23.7 Å². The zero-order valence-corrected chi connectivity index (χ0v) is 17.8. The summed E-state index contributed by atoms with van der Waals surface area (Å²) in [5.74, 6) is -1.01. The van der Waals surface area contributed by atoms with Crippen LogP contribution in [0.1, 0.15) is 40.6 Å². The largest absolute Gasteiger partial charge is 0.452 e. The fourth-order valence-electron chi connectivity index (χ4n) is 3.39. The minimum Gasteiger partial charge on any atom is -0.452 e. The van der Waals surface area contributed by atoms with Crippen LogP contribution in [0.5, 0.6) is 0 Å². The number of piperidine rings is 1. The van der Waals surface area contributed by atoms with Gasteiger partial charge in [-0.2, -0.15) is 0 Å². The Balaban J connectivity index is 1.48. The van der Waals surface area contributed by atoms with Gasteiger partial charge in [-0.1, -0.05) is 23.8 Å². The minimum atomic E-state index is -0.881. The van der Waals surface area contributed by atoms with E-state index in [0.717, 1.165) is 11.1 Å². The standard InChI is InChI=1S/C22H26N2O4S/c1-14-6-7-18(15(2)13-14)23-20(25)16(3)28-22(27)17-8-10-24(11-9-17)21(26)19-5-4-12-29-19/h4-7,12-13,16-17H,8-11H2,1-3H3,(H,23,25)/t16-/m1/s1. The minimum absolute atomic E-state index is 0.00744. The number of ether oxygens (including phenoxy) is 1. The van der Waals surface area contributed by atoms with Crippen LogP contribution < -0.4 is 5.32 Å². The summed E-state index contributed by atoms with van der Waals surface area (Å²) in [6, 6.07) is 9.41. The van der Waals surface area contributed by atoms with Crippen LogP contribution in [0.4, 0.5) is 5.69 Å². The molecule has 2 amide bonds. The molecule has 1 aliphatic heterocycles. The van der Waals surface area contributed by atoms with Gasteiger partial charge in [-0.15, -0.1) is 11.3 Å². The SMILES string of the molecule is Cc1ccc(NC(=O)[C@@H](C)OC(=O)C2CCN(C(=O)c3cccs3)CC2)c(C)c1. The third-order valence-electron chi connectivity index (χ3n) is 5.15. The van der Waals surface area contributed by atoms with Crippen molar-refractivity contribution in [1.29, 1.82) is 0 Å². The van der Waals surface area contributed by atoms with Gasteiger partial charge in [0.25, 0.3) is 11.8 Å². The fourth-order valence-corrected chi connectivity index (χ4v) is 4.08. The van der Waals surface area contributed by atoms with Crippen LogP contribution in [0.2, 0.25) is 0 Å². The van der Waals surface area contributed by atoms with Crippen LogP contribution in [0.3, 0.4) is 0 Å². The molecular formula is C22H26N2O4S. The lowest BCUT2D eigenvalue weighted by Crippen LogP contribution is -2.41. The third-order valence-corrected chi connectivity index (χ3v) is 6.01. The van der Waals surface area contributed by atoms with E-state index in [1.165, 1.54) is 11.3 Å². The fraction of sp³-hybridized carbons (Fsp3) is 0.409. The van der Waals surface area contributed by atoms with Crippen molar-refractivity contribution in [1.82, 2.24) is 4.90 Å². The lowest BCUT2D eigenvalue weighted by Gasteiger charge is -2.31. The molecule has 6 nitrogen and oxygen atoms in total. The number of anilines is 1. The van der Waals surface area contributed by atoms with Crippen molar-refractivity contribution < 1.29 is 19.1 Å². The van der Waals surface area contributed by atoms with Gasteiger partial charge >= 0.3 is 5.97 Å². The Morgan fingerprint density at radius 1 is 1.17 bits per heavy atom. The molecule has 3 rings (SSSR count). The molecule has 29 heavy (non-hydrogen) atoms. The number of hydrogen-bond donors (Lipinski definition) is 1. The Morgan fingerprint density at radius 2 is 1.90 bits per heavy atom. The summed E-state index contributed by atoms with van der Waals surface area (Å²) in [5, 5.41) is 4.69. The molecule has 1 aromatic heterocycles. The first kappa shape index (κ1) is 21.0. The molecular weight excluding hydrogens is 388 g/mol. The summed E-state index contributed by atoms with van der Waals surface area (Å²) in [4.78, 5) is 39.8. The van der Waals surface area contributed by atoms with Crippen LogP contribution in [0, 0.1) is 19.8 Å². The van der Waals surface area contributed by atoms with Crippen molar-refractivity contribution in [3.05, 3.63) is 51.7 Å². The molecule has 1 aromatic carbocycles. The quantitative estimate of drug-likeness (QED) is 0.756. The molecule has 1 fully saturated rings. The first-order valence-electron chi connectivity index (χ1n) is 9.76. The third kappa shape index (κ3) is 5.23. The van der Waals surface area contributed by atoms with Gasteiger partial charge in [0.1, 0.15) is 0 Å². The van der Waals surface area contributed by atoms with Gasteiger partial charge in [0.2, 0.25) is 0 Å². The predicted molar refractivity (Wildman–Crippen MR) is 113 cm³/mol. The average molecular weight is 415 g/mol. The van der Waals surface area contributed by atoms with Crippen molar-refractivity contribution in [3.8, 4) is 0 Å². The number of carbonyl (C=O) groups excluding carboxylic acids is 3. The molecule has 7 heteroatoms. The summed E-state index contributed by atoms with van der Waals surface area (Å²) < 4.78 is 5.40. The second kappa shape index (κ2) is 9.22. The van der Waals surface area contributed by atoms with Gasteiger partial charge in [0, 0.05) is 18.8 Å². The van der Waals surface area contributed by atoms with Gasteiger partial charge < -0.3 is 15.0 Å². The van der Waals surface area contributed by atoms with E-state index >= 15 is 0 Å². The van der Waals surface area contributed by atoms with E-state index in [1.54, 1.807) is 11.8 Å². The van der Waals surface area contributed by atoms with Crippen LogP contribution in [-0.4, -0.2) is 41.9 Å². The van der Waals surface area contributed by atoms with E-state index in [1.807, 2.05) is 49.6 Å². The molecule has 0 bridgehead atoms. The highest BCUT2D eigenvalue weighted by molar-refractivity contribution is 7.12. The van der Waals surface area contributed by atoms with Crippen molar-refractivity contribution >= 4 is 34.8 Å². The van der Waals surface area contributed by atoms with Gasteiger partial charge in [-0.3, -0.25) is 14.4 Å². The number of likely N-dealkylation sites (tertiary alicyclic amines) is 1. The van der Waals surface area contributed by atoms with Crippen LogP contribution in [0.25, 0.3) is 0 Å². The molecule has 0 aliphatic carbocycles.